The number of piperidine rings is 1. The Morgan fingerprint density at radius 1 is 0.941 bits per heavy atom. The molecule has 2 aliphatic rings. The first-order valence-corrected chi connectivity index (χ1v) is 7.78. The van der Waals surface area contributed by atoms with Gasteiger partial charge in [-0.2, -0.15) is 0 Å². The minimum absolute atomic E-state index is 0.672. The summed E-state index contributed by atoms with van der Waals surface area (Å²) in [5, 5.41) is 3.65. The number of rotatable bonds is 2. The lowest BCUT2D eigenvalue weighted by Crippen LogP contribution is -2.53. The van der Waals surface area contributed by atoms with Crippen LogP contribution in [0.15, 0.2) is 0 Å². The lowest BCUT2D eigenvalue weighted by atomic mass is 9.52. The van der Waals surface area contributed by atoms with E-state index < -0.39 is 0 Å². The highest BCUT2D eigenvalue weighted by Gasteiger charge is 2.49. The molecule has 1 heterocycles. The molecule has 3 atom stereocenters. The lowest BCUT2D eigenvalue weighted by molar-refractivity contribution is -0.0448. The molecular weight excluding hydrogens is 206 g/mol. The zero-order valence-electron chi connectivity index (χ0n) is 12.3. The van der Waals surface area contributed by atoms with Gasteiger partial charge in [0.2, 0.25) is 0 Å². The fourth-order valence-corrected chi connectivity index (χ4v) is 4.93. The van der Waals surface area contributed by atoms with Crippen molar-refractivity contribution in [3.05, 3.63) is 0 Å². The summed E-state index contributed by atoms with van der Waals surface area (Å²) >= 11 is 0. The van der Waals surface area contributed by atoms with Gasteiger partial charge in [-0.3, -0.25) is 0 Å². The minimum Gasteiger partial charge on any atom is -0.316 e. The van der Waals surface area contributed by atoms with Crippen LogP contribution < -0.4 is 5.32 Å². The highest BCUT2D eigenvalue weighted by atomic mass is 14.9. The summed E-state index contributed by atoms with van der Waals surface area (Å²) in [7, 11) is 0. The van der Waals surface area contributed by atoms with E-state index in [1.807, 2.05) is 0 Å². The average Bonchev–Trinajstić information content (AvgIpc) is 2.29. The first-order chi connectivity index (χ1) is 8.08. The summed E-state index contributed by atoms with van der Waals surface area (Å²) in [6.07, 6.45) is 7.37. The van der Waals surface area contributed by atoms with Gasteiger partial charge in [0.25, 0.3) is 0 Å². The molecule has 3 unspecified atom stereocenters. The lowest BCUT2D eigenvalue weighted by Gasteiger charge is -2.55. The summed E-state index contributed by atoms with van der Waals surface area (Å²) in [5.41, 5.74) is 0.672. The van der Waals surface area contributed by atoms with Crippen LogP contribution in [-0.4, -0.2) is 13.1 Å². The SMILES string of the molecule is CC(C)C1CCCCC12CCNCC2C(C)C. The van der Waals surface area contributed by atoms with Gasteiger partial charge in [-0.25, -0.2) is 0 Å². The maximum Gasteiger partial charge on any atom is -0.00126 e. The Bertz CT molecular complexity index is 218. The minimum atomic E-state index is 0.672. The van der Waals surface area contributed by atoms with E-state index in [0.717, 1.165) is 23.7 Å². The van der Waals surface area contributed by atoms with E-state index >= 15 is 0 Å². The predicted octanol–water partition coefficient (Wildman–Crippen LogP) is 4.08. The molecule has 0 bridgehead atoms. The number of hydrogen-bond donors (Lipinski definition) is 1. The van der Waals surface area contributed by atoms with Crippen molar-refractivity contribution in [1.29, 1.82) is 0 Å². The van der Waals surface area contributed by atoms with Gasteiger partial charge in [0.05, 0.1) is 0 Å². The summed E-state index contributed by atoms with van der Waals surface area (Å²) < 4.78 is 0. The van der Waals surface area contributed by atoms with Gasteiger partial charge in [-0.1, -0.05) is 40.5 Å². The van der Waals surface area contributed by atoms with Gasteiger partial charge in [-0.15, -0.1) is 0 Å². The predicted molar refractivity (Wildman–Crippen MR) is 75.0 cm³/mol. The van der Waals surface area contributed by atoms with E-state index in [2.05, 4.69) is 33.0 Å². The van der Waals surface area contributed by atoms with Crippen molar-refractivity contribution in [2.45, 2.75) is 59.8 Å². The van der Waals surface area contributed by atoms with E-state index in [0.29, 0.717) is 5.41 Å². The summed E-state index contributed by atoms with van der Waals surface area (Å²) in [6, 6.07) is 0. The topological polar surface area (TPSA) is 12.0 Å². The van der Waals surface area contributed by atoms with E-state index in [-0.39, 0.29) is 0 Å². The van der Waals surface area contributed by atoms with Crippen molar-refractivity contribution in [2.75, 3.05) is 13.1 Å². The largest absolute Gasteiger partial charge is 0.316 e. The van der Waals surface area contributed by atoms with Gasteiger partial charge in [-0.05, 0) is 61.4 Å². The smallest absolute Gasteiger partial charge is 0.00126 e. The monoisotopic (exact) mass is 237 g/mol. The first-order valence-electron chi connectivity index (χ1n) is 7.78. The zero-order chi connectivity index (χ0) is 12.5. The molecule has 0 aromatic carbocycles. The van der Waals surface area contributed by atoms with Crippen LogP contribution in [0.2, 0.25) is 0 Å². The molecular formula is C16H31N. The van der Waals surface area contributed by atoms with Gasteiger partial charge in [0, 0.05) is 0 Å². The Morgan fingerprint density at radius 2 is 1.65 bits per heavy atom. The maximum atomic E-state index is 3.65. The third-order valence-electron chi connectivity index (χ3n) is 5.63. The fraction of sp³-hybridized carbons (Fsp3) is 1.00. The van der Waals surface area contributed by atoms with Crippen LogP contribution in [0.1, 0.15) is 59.8 Å². The van der Waals surface area contributed by atoms with E-state index in [4.69, 9.17) is 0 Å². The molecule has 1 saturated carbocycles. The third-order valence-corrected chi connectivity index (χ3v) is 5.63. The Labute approximate surface area is 108 Å². The molecule has 1 aliphatic carbocycles. The van der Waals surface area contributed by atoms with Crippen LogP contribution in [0.25, 0.3) is 0 Å². The molecule has 1 nitrogen and oxygen atoms in total. The number of hydrogen-bond acceptors (Lipinski definition) is 1. The van der Waals surface area contributed by atoms with Crippen LogP contribution in [0.3, 0.4) is 0 Å². The van der Waals surface area contributed by atoms with Crippen molar-refractivity contribution in [3.8, 4) is 0 Å². The fourth-order valence-electron chi connectivity index (χ4n) is 4.93. The molecule has 100 valence electrons. The van der Waals surface area contributed by atoms with Crippen LogP contribution in [0, 0.1) is 29.1 Å². The highest BCUT2D eigenvalue weighted by Crippen LogP contribution is 2.54. The van der Waals surface area contributed by atoms with Gasteiger partial charge in [0.15, 0.2) is 0 Å². The van der Waals surface area contributed by atoms with Crippen LogP contribution in [-0.2, 0) is 0 Å². The molecule has 0 radical (unpaired) electrons. The molecule has 1 saturated heterocycles. The number of nitrogens with one attached hydrogen (secondary N) is 1. The van der Waals surface area contributed by atoms with Crippen molar-refractivity contribution in [3.63, 3.8) is 0 Å². The molecule has 0 aromatic rings. The standard InChI is InChI=1S/C16H31N/c1-12(2)14-7-5-6-8-16(14)9-10-17-11-15(16)13(3)4/h12-15,17H,5-11H2,1-4H3. The third kappa shape index (κ3) is 2.41. The Hall–Kier alpha value is -0.0400. The second kappa shape index (κ2) is 5.30. The average molecular weight is 237 g/mol. The van der Waals surface area contributed by atoms with Gasteiger partial charge in [0.1, 0.15) is 0 Å². The molecule has 1 N–H and O–H groups in total. The van der Waals surface area contributed by atoms with Crippen LogP contribution in [0.4, 0.5) is 0 Å². The van der Waals surface area contributed by atoms with Crippen molar-refractivity contribution < 1.29 is 0 Å². The zero-order valence-corrected chi connectivity index (χ0v) is 12.3. The summed E-state index contributed by atoms with van der Waals surface area (Å²) in [5.74, 6) is 3.59. The van der Waals surface area contributed by atoms with Crippen LogP contribution >= 0.6 is 0 Å². The summed E-state index contributed by atoms with van der Waals surface area (Å²) in [4.78, 5) is 0. The second-order valence-corrected chi connectivity index (χ2v) is 7.13. The summed E-state index contributed by atoms with van der Waals surface area (Å²) in [6.45, 7) is 12.3. The molecule has 0 amide bonds. The molecule has 2 fully saturated rings. The quantitative estimate of drug-likeness (QED) is 0.763. The van der Waals surface area contributed by atoms with Crippen LogP contribution in [0.5, 0.6) is 0 Å². The van der Waals surface area contributed by atoms with Crippen molar-refractivity contribution in [2.24, 2.45) is 29.1 Å². The highest BCUT2D eigenvalue weighted by molar-refractivity contribution is 4.99. The van der Waals surface area contributed by atoms with Crippen molar-refractivity contribution in [1.82, 2.24) is 5.32 Å². The first kappa shape index (κ1) is 13.4. The maximum absolute atomic E-state index is 3.65. The normalized spacial score (nSPS) is 39.2. The molecule has 1 heteroatoms. The van der Waals surface area contributed by atoms with E-state index in [9.17, 15) is 0 Å². The molecule has 0 aromatic heterocycles. The van der Waals surface area contributed by atoms with Gasteiger partial charge < -0.3 is 5.32 Å². The second-order valence-electron chi connectivity index (χ2n) is 7.13. The van der Waals surface area contributed by atoms with E-state index in [1.165, 1.54) is 45.2 Å². The molecule has 2 rings (SSSR count). The van der Waals surface area contributed by atoms with Crippen molar-refractivity contribution >= 4 is 0 Å². The molecule has 17 heavy (non-hydrogen) atoms. The van der Waals surface area contributed by atoms with E-state index in [1.54, 1.807) is 0 Å². The Balaban J connectivity index is 2.26. The Kier molecular flexibility index (Phi) is 4.18. The molecule has 1 spiro atoms. The van der Waals surface area contributed by atoms with Gasteiger partial charge >= 0.3 is 0 Å². The Morgan fingerprint density at radius 3 is 2.29 bits per heavy atom. The molecule has 1 aliphatic heterocycles.